The van der Waals surface area contributed by atoms with Crippen LogP contribution in [0.25, 0.3) is 0 Å². The van der Waals surface area contributed by atoms with E-state index < -0.39 is 15.9 Å². The zero-order valence-electron chi connectivity index (χ0n) is 14.7. The first kappa shape index (κ1) is 21.1. The Morgan fingerprint density at radius 3 is 2.20 bits per heavy atom. The van der Waals surface area contributed by atoms with Gasteiger partial charge in [0.15, 0.2) is 0 Å². The quantitative estimate of drug-likeness (QED) is 0.572. The van der Waals surface area contributed by atoms with E-state index in [-0.39, 0.29) is 22.9 Å². The maximum Gasteiger partial charge on any atom is 0.251 e. The van der Waals surface area contributed by atoms with E-state index in [2.05, 4.69) is 10.6 Å². The molecule has 0 unspecified atom stereocenters. The topological polar surface area (TPSA) is 105 Å². The molecule has 1 aromatic carbocycles. The largest absolute Gasteiger partial charge is 0.383 e. The van der Waals surface area contributed by atoms with E-state index >= 15 is 0 Å². The predicted molar refractivity (Wildman–Crippen MR) is 93.8 cm³/mol. The van der Waals surface area contributed by atoms with Crippen molar-refractivity contribution in [2.75, 3.05) is 39.9 Å². The van der Waals surface area contributed by atoms with Gasteiger partial charge in [-0.05, 0) is 24.3 Å². The number of sulfonamides is 1. The highest BCUT2D eigenvalue weighted by Gasteiger charge is 2.21. The second-order valence-electron chi connectivity index (χ2n) is 5.14. The van der Waals surface area contributed by atoms with Crippen molar-refractivity contribution in [2.45, 2.75) is 18.7 Å². The van der Waals surface area contributed by atoms with Gasteiger partial charge in [-0.15, -0.1) is 0 Å². The molecule has 0 aliphatic carbocycles. The zero-order valence-corrected chi connectivity index (χ0v) is 15.6. The van der Waals surface area contributed by atoms with E-state index in [1.165, 1.54) is 35.7 Å². The molecule has 9 heteroatoms. The lowest BCUT2D eigenvalue weighted by molar-refractivity contribution is -0.120. The van der Waals surface area contributed by atoms with Crippen LogP contribution in [-0.4, -0.2) is 64.4 Å². The number of rotatable bonds is 10. The van der Waals surface area contributed by atoms with E-state index in [0.717, 1.165) is 0 Å². The molecule has 0 aliphatic rings. The molecule has 0 aromatic heterocycles. The SMILES string of the molecule is CCN(CC)S(=O)(=O)c1ccc(C(=O)NCC(=O)NCCOC)cc1. The molecule has 0 spiro atoms. The van der Waals surface area contributed by atoms with Crippen molar-refractivity contribution in [3.05, 3.63) is 29.8 Å². The normalized spacial score (nSPS) is 11.4. The van der Waals surface area contributed by atoms with Gasteiger partial charge in [0.05, 0.1) is 18.0 Å². The van der Waals surface area contributed by atoms with Crippen LogP contribution in [0.2, 0.25) is 0 Å². The number of benzene rings is 1. The summed E-state index contributed by atoms with van der Waals surface area (Å²) in [6.45, 7) is 4.87. The maximum absolute atomic E-state index is 12.4. The van der Waals surface area contributed by atoms with Crippen LogP contribution < -0.4 is 10.6 Å². The smallest absolute Gasteiger partial charge is 0.251 e. The first-order valence-corrected chi connectivity index (χ1v) is 9.44. The highest BCUT2D eigenvalue weighted by Crippen LogP contribution is 2.16. The van der Waals surface area contributed by atoms with Crippen molar-refractivity contribution in [3.8, 4) is 0 Å². The minimum absolute atomic E-state index is 0.130. The van der Waals surface area contributed by atoms with Crippen molar-refractivity contribution in [1.29, 1.82) is 0 Å². The number of hydrogen-bond acceptors (Lipinski definition) is 5. The van der Waals surface area contributed by atoms with E-state index in [9.17, 15) is 18.0 Å². The van der Waals surface area contributed by atoms with Crippen molar-refractivity contribution in [1.82, 2.24) is 14.9 Å². The fourth-order valence-electron chi connectivity index (χ4n) is 2.11. The molecular weight excluding hydrogens is 346 g/mol. The predicted octanol–water partition coefficient (Wildman–Crippen LogP) is 0.210. The lowest BCUT2D eigenvalue weighted by Gasteiger charge is -2.18. The molecule has 2 N–H and O–H groups in total. The van der Waals surface area contributed by atoms with Crippen LogP contribution in [0.1, 0.15) is 24.2 Å². The van der Waals surface area contributed by atoms with Crippen molar-refractivity contribution in [2.24, 2.45) is 0 Å². The number of nitrogens with one attached hydrogen (secondary N) is 2. The van der Waals surface area contributed by atoms with Crippen LogP contribution in [0, 0.1) is 0 Å². The maximum atomic E-state index is 12.4. The molecule has 0 bridgehead atoms. The average Bonchev–Trinajstić information content (AvgIpc) is 2.61. The molecule has 140 valence electrons. The van der Waals surface area contributed by atoms with Crippen LogP contribution >= 0.6 is 0 Å². The number of methoxy groups -OCH3 is 1. The number of carbonyl (C=O) groups excluding carboxylic acids is 2. The number of carbonyl (C=O) groups is 2. The summed E-state index contributed by atoms with van der Waals surface area (Å²) in [4.78, 5) is 23.7. The van der Waals surface area contributed by atoms with Gasteiger partial charge < -0.3 is 15.4 Å². The second-order valence-corrected chi connectivity index (χ2v) is 7.08. The summed E-state index contributed by atoms with van der Waals surface area (Å²) in [5.74, 6) is -0.778. The first-order valence-electron chi connectivity index (χ1n) is 8.00. The number of hydrogen-bond donors (Lipinski definition) is 2. The first-order chi connectivity index (χ1) is 11.9. The Bertz CT molecular complexity index is 670. The highest BCUT2D eigenvalue weighted by molar-refractivity contribution is 7.89. The average molecular weight is 371 g/mol. The molecule has 2 amide bonds. The van der Waals surface area contributed by atoms with Gasteiger partial charge in [0.25, 0.3) is 5.91 Å². The van der Waals surface area contributed by atoms with Gasteiger partial charge in [-0.1, -0.05) is 13.8 Å². The van der Waals surface area contributed by atoms with Crippen LogP contribution in [0.15, 0.2) is 29.2 Å². The zero-order chi connectivity index (χ0) is 18.9. The van der Waals surface area contributed by atoms with E-state index in [0.29, 0.717) is 26.2 Å². The Labute approximate surface area is 148 Å². The van der Waals surface area contributed by atoms with Crippen LogP contribution in [0.5, 0.6) is 0 Å². The minimum Gasteiger partial charge on any atom is -0.383 e. The van der Waals surface area contributed by atoms with Crippen LogP contribution in [0.3, 0.4) is 0 Å². The molecule has 0 atom stereocenters. The molecule has 0 fully saturated rings. The second kappa shape index (κ2) is 10.1. The summed E-state index contributed by atoms with van der Waals surface area (Å²) in [6, 6.07) is 5.63. The van der Waals surface area contributed by atoms with Gasteiger partial charge in [-0.25, -0.2) is 8.42 Å². The van der Waals surface area contributed by atoms with Crippen molar-refractivity contribution >= 4 is 21.8 Å². The number of ether oxygens (including phenoxy) is 1. The Hall–Kier alpha value is -1.97. The molecule has 25 heavy (non-hydrogen) atoms. The molecule has 0 heterocycles. The Kier molecular flexibility index (Phi) is 8.53. The summed E-state index contributed by atoms with van der Waals surface area (Å²) >= 11 is 0. The summed E-state index contributed by atoms with van der Waals surface area (Å²) < 4.78 is 30.9. The summed E-state index contributed by atoms with van der Waals surface area (Å²) in [6.07, 6.45) is 0. The third kappa shape index (κ3) is 6.11. The van der Waals surface area contributed by atoms with Gasteiger partial charge in [0.1, 0.15) is 0 Å². The lowest BCUT2D eigenvalue weighted by Crippen LogP contribution is -2.38. The van der Waals surface area contributed by atoms with Gasteiger partial charge in [-0.3, -0.25) is 9.59 Å². The number of amides is 2. The fraction of sp³-hybridized carbons (Fsp3) is 0.500. The van der Waals surface area contributed by atoms with E-state index in [1.807, 2.05) is 0 Å². The van der Waals surface area contributed by atoms with Crippen LogP contribution in [0.4, 0.5) is 0 Å². The summed E-state index contributed by atoms with van der Waals surface area (Å²) in [7, 11) is -2.03. The van der Waals surface area contributed by atoms with Gasteiger partial charge in [-0.2, -0.15) is 4.31 Å². The highest BCUT2D eigenvalue weighted by atomic mass is 32.2. The van der Waals surface area contributed by atoms with Crippen molar-refractivity contribution in [3.63, 3.8) is 0 Å². The fourth-order valence-corrected chi connectivity index (χ4v) is 3.57. The molecule has 1 aromatic rings. The van der Waals surface area contributed by atoms with Crippen LogP contribution in [-0.2, 0) is 19.6 Å². The summed E-state index contributed by atoms with van der Waals surface area (Å²) in [5, 5.41) is 5.06. The minimum atomic E-state index is -3.56. The lowest BCUT2D eigenvalue weighted by atomic mass is 10.2. The van der Waals surface area contributed by atoms with Crippen molar-refractivity contribution < 1.29 is 22.7 Å². The third-order valence-corrected chi connectivity index (χ3v) is 5.56. The molecular formula is C16H25N3O5S. The Balaban J connectivity index is 2.67. The molecule has 0 aliphatic heterocycles. The number of nitrogens with zero attached hydrogens (tertiary/aromatic N) is 1. The van der Waals surface area contributed by atoms with Gasteiger partial charge >= 0.3 is 0 Å². The third-order valence-electron chi connectivity index (χ3n) is 3.50. The molecule has 1 rings (SSSR count). The molecule has 0 saturated heterocycles. The molecule has 0 radical (unpaired) electrons. The molecule has 0 saturated carbocycles. The Morgan fingerprint density at radius 2 is 1.68 bits per heavy atom. The van der Waals surface area contributed by atoms with Gasteiger partial charge in [0, 0.05) is 32.3 Å². The van der Waals surface area contributed by atoms with E-state index in [4.69, 9.17) is 4.74 Å². The monoisotopic (exact) mass is 371 g/mol. The standard InChI is InChI=1S/C16H25N3O5S/c1-4-19(5-2)25(22,23)14-8-6-13(7-9-14)16(21)18-12-15(20)17-10-11-24-3/h6-9H,4-5,10-12H2,1-3H3,(H,17,20)(H,18,21). The molecule has 8 nitrogen and oxygen atoms in total. The van der Waals surface area contributed by atoms with Gasteiger partial charge in [0.2, 0.25) is 15.9 Å². The Morgan fingerprint density at radius 1 is 1.08 bits per heavy atom. The summed E-state index contributed by atoms with van der Waals surface area (Å²) in [5.41, 5.74) is 0.281. The van der Waals surface area contributed by atoms with E-state index in [1.54, 1.807) is 13.8 Å².